The van der Waals surface area contributed by atoms with Crippen molar-refractivity contribution in [1.82, 2.24) is 0 Å². The molecule has 3 rings (SSSR count). The van der Waals surface area contributed by atoms with Gasteiger partial charge in [0, 0.05) is 5.92 Å². The highest BCUT2D eigenvalue weighted by Gasteiger charge is 2.40. The first kappa shape index (κ1) is 15.3. The quantitative estimate of drug-likeness (QED) is 0.639. The predicted molar refractivity (Wildman–Crippen MR) is 85.6 cm³/mol. The molecule has 1 aromatic carbocycles. The standard InChI is InChI=1S/C19H18O4/c1-2-22-19(21)18-15(13-7-4-3-5-8-13)11-14(12-16(18)20)17-9-6-10-23-17/h3-10,12,15,18H,2,11H2,1H3/t15-,18-/m0/s1. The van der Waals surface area contributed by atoms with Crippen molar-refractivity contribution in [3.8, 4) is 0 Å². The average molecular weight is 310 g/mol. The summed E-state index contributed by atoms with van der Waals surface area (Å²) in [5.41, 5.74) is 1.77. The summed E-state index contributed by atoms with van der Waals surface area (Å²) in [6.45, 7) is 2.01. The van der Waals surface area contributed by atoms with E-state index in [-0.39, 0.29) is 18.3 Å². The first-order valence-corrected chi connectivity index (χ1v) is 7.70. The van der Waals surface area contributed by atoms with Gasteiger partial charge in [0.15, 0.2) is 5.78 Å². The minimum Gasteiger partial charge on any atom is -0.465 e. The summed E-state index contributed by atoms with van der Waals surface area (Å²) in [5, 5.41) is 0. The molecule has 0 amide bonds. The van der Waals surface area contributed by atoms with Crippen LogP contribution in [0.3, 0.4) is 0 Å². The van der Waals surface area contributed by atoms with Crippen molar-refractivity contribution in [3.05, 3.63) is 66.1 Å². The molecule has 0 aliphatic heterocycles. The minimum atomic E-state index is -0.795. The van der Waals surface area contributed by atoms with Crippen LogP contribution >= 0.6 is 0 Å². The van der Waals surface area contributed by atoms with Gasteiger partial charge >= 0.3 is 5.97 Å². The summed E-state index contributed by atoms with van der Waals surface area (Å²) in [4.78, 5) is 24.9. The molecule has 1 aromatic heterocycles. The SMILES string of the molecule is CCOC(=O)[C@@H]1C(=O)C=C(c2ccco2)C[C@H]1c1ccccc1. The number of furan rings is 1. The number of allylic oxidation sites excluding steroid dienone is 2. The van der Waals surface area contributed by atoms with E-state index < -0.39 is 11.9 Å². The molecule has 2 atom stereocenters. The molecule has 118 valence electrons. The summed E-state index contributed by atoms with van der Waals surface area (Å²) in [6.07, 6.45) is 3.65. The smallest absolute Gasteiger partial charge is 0.317 e. The van der Waals surface area contributed by atoms with E-state index in [9.17, 15) is 9.59 Å². The van der Waals surface area contributed by atoms with Gasteiger partial charge in [-0.05, 0) is 42.7 Å². The van der Waals surface area contributed by atoms with Crippen LogP contribution in [0.25, 0.3) is 5.57 Å². The van der Waals surface area contributed by atoms with Gasteiger partial charge in [0.25, 0.3) is 0 Å². The second kappa shape index (κ2) is 6.65. The number of benzene rings is 1. The van der Waals surface area contributed by atoms with Crippen LogP contribution in [0.4, 0.5) is 0 Å². The Morgan fingerprint density at radius 1 is 1.22 bits per heavy atom. The van der Waals surface area contributed by atoms with Gasteiger partial charge in [-0.3, -0.25) is 9.59 Å². The number of ketones is 1. The molecule has 0 saturated heterocycles. The number of carbonyl (C=O) groups excluding carboxylic acids is 2. The molecule has 1 aliphatic rings. The third kappa shape index (κ3) is 3.11. The van der Waals surface area contributed by atoms with Crippen molar-refractivity contribution < 1.29 is 18.7 Å². The summed E-state index contributed by atoms with van der Waals surface area (Å²) in [6, 6.07) is 13.2. The summed E-state index contributed by atoms with van der Waals surface area (Å²) in [7, 11) is 0. The zero-order chi connectivity index (χ0) is 16.2. The average Bonchev–Trinajstić information content (AvgIpc) is 3.09. The molecule has 0 unspecified atom stereocenters. The second-order valence-electron chi connectivity index (χ2n) is 5.50. The summed E-state index contributed by atoms with van der Waals surface area (Å²) >= 11 is 0. The minimum absolute atomic E-state index is 0.227. The fourth-order valence-corrected chi connectivity index (χ4v) is 3.03. The number of hydrogen-bond acceptors (Lipinski definition) is 4. The Hall–Kier alpha value is -2.62. The lowest BCUT2D eigenvalue weighted by Crippen LogP contribution is -2.33. The fraction of sp³-hybridized carbons (Fsp3) is 0.263. The van der Waals surface area contributed by atoms with E-state index in [1.54, 1.807) is 19.3 Å². The van der Waals surface area contributed by atoms with E-state index in [1.807, 2.05) is 36.4 Å². The van der Waals surface area contributed by atoms with Crippen molar-refractivity contribution in [2.24, 2.45) is 5.92 Å². The van der Waals surface area contributed by atoms with E-state index in [2.05, 4.69) is 0 Å². The van der Waals surface area contributed by atoms with Crippen LogP contribution in [-0.4, -0.2) is 18.4 Å². The number of carbonyl (C=O) groups is 2. The van der Waals surface area contributed by atoms with Gasteiger partial charge in [-0.25, -0.2) is 0 Å². The van der Waals surface area contributed by atoms with Gasteiger partial charge < -0.3 is 9.15 Å². The molecule has 0 N–H and O–H groups in total. The lowest BCUT2D eigenvalue weighted by atomic mass is 9.74. The first-order valence-electron chi connectivity index (χ1n) is 7.70. The molecule has 1 heterocycles. The van der Waals surface area contributed by atoms with E-state index in [1.165, 1.54) is 6.08 Å². The van der Waals surface area contributed by atoms with E-state index in [0.29, 0.717) is 12.2 Å². The van der Waals surface area contributed by atoms with Crippen molar-refractivity contribution in [1.29, 1.82) is 0 Å². The molecule has 0 saturated carbocycles. The largest absolute Gasteiger partial charge is 0.465 e. The third-order valence-corrected chi connectivity index (χ3v) is 4.07. The number of hydrogen-bond donors (Lipinski definition) is 0. The molecule has 0 fully saturated rings. The van der Waals surface area contributed by atoms with Gasteiger partial charge in [-0.15, -0.1) is 0 Å². The van der Waals surface area contributed by atoms with Crippen LogP contribution < -0.4 is 0 Å². The van der Waals surface area contributed by atoms with Crippen molar-refractivity contribution in [3.63, 3.8) is 0 Å². The molecular formula is C19H18O4. The Morgan fingerprint density at radius 2 is 2.00 bits per heavy atom. The number of esters is 1. The molecular weight excluding hydrogens is 292 g/mol. The first-order chi connectivity index (χ1) is 11.2. The summed E-state index contributed by atoms with van der Waals surface area (Å²) in [5.74, 6) is -1.05. The van der Waals surface area contributed by atoms with Crippen LogP contribution in [0.1, 0.15) is 30.6 Å². The highest BCUT2D eigenvalue weighted by molar-refractivity contribution is 6.10. The van der Waals surface area contributed by atoms with Crippen molar-refractivity contribution in [2.45, 2.75) is 19.3 Å². The van der Waals surface area contributed by atoms with Crippen LogP contribution in [0.5, 0.6) is 0 Å². The topological polar surface area (TPSA) is 56.5 Å². The molecule has 4 heteroatoms. The maximum absolute atomic E-state index is 12.6. The molecule has 1 aliphatic carbocycles. The monoisotopic (exact) mass is 310 g/mol. The Kier molecular flexibility index (Phi) is 4.42. The molecule has 0 bridgehead atoms. The molecule has 2 aromatic rings. The summed E-state index contributed by atoms with van der Waals surface area (Å²) < 4.78 is 10.5. The van der Waals surface area contributed by atoms with E-state index in [0.717, 1.165) is 11.1 Å². The van der Waals surface area contributed by atoms with Crippen LogP contribution in [0.2, 0.25) is 0 Å². The molecule has 0 radical (unpaired) electrons. The van der Waals surface area contributed by atoms with Crippen molar-refractivity contribution >= 4 is 17.3 Å². The second-order valence-corrected chi connectivity index (χ2v) is 5.50. The predicted octanol–water partition coefficient (Wildman–Crippen LogP) is 3.60. The van der Waals surface area contributed by atoms with Crippen LogP contribution in [0.15, 0.2) is 59.2 Å². The highest BCUT2D eigenvalue weighted by atomic mass is 16.5. The lowest BCUT2D eigenvalue weighted by molar-refractivity contribution is -0.151. The lowest BCUT2D eigenvalue weighted by Gasteiger charge is -2.28. The Bertz CT molecular complexity index is 713. The van der Waals surface area contributed by atoms with E-state index in [4.69, 9.17) is 9.15 Å². The van der Waals surface area contributed by atoms with Gasteiger partial charge in [0.2, 0.25) is 0 Å². The Morgan fingerprint density at radius 3 is 2.65 bits per heavy atom. The highest BCUT2D eigenvalue weighted by Crippen LogP contribution is 2.40. The Balaban J connectivity index is 2.00. The molecule has 23 heavy (non-hydrogen) atoms. The van der Waals surface area contributed by atoms with Crippen LogP contribution in [-0.2, 0) is 14.3 Å². The van der Waals surface area contributed by atoms with Crippen LogP contribution in [0, 0.1) is 5.92 Å². The van der Waals surface area contributed by atoms with E-state index >= 15 is 0 Å². The van der Waals surface area contributed by atoms with Gasteiger partial charge in [0.1, 0.15) is 11.7 Å². The van der Waals surface area contributed by atoms with Gasteiger partial charge in [0.05, 0.1) is 12.9 Å². The van der Waals surface area contributed by atoms with Crippen molar-refractivity contribution in [2.75, 3.05) is 6.61 Å². The van der Waals surface area contributed by atoms with Gasteiger partial charge in [-0.1, -0.05) is 30.3 Å². The fourth-order valence-electron chi connectivity index (χ4n) is 3.03. The maximum Gasteiger partial charge on any atom is 0.317 e. The van der Waals surface area contributed by atoms with Gasteiger partial charge in [-0.2, -0.15) is 0 Å². The normalized spacial score (nSPS) is 20.9. The Labute approximate surface area is 134 Å². The molecule has 4 nitrogen and oxygen atoms in total. The number of rotatable bonds is 4. The maximum atomic E-state index is 12.6. The third-order valence-electron chi connectivity index (χ3n) is 4.07. The number of ether oxygens (including phenoxy) is 1. The zero-order valence-corrected chi connectivity index (χ0v) is 12.9. The molecule has 0 spiro atoms. The zero-order valence-electron chi connectivity index (χ0n) is 12.9.